The minimum Gasteiger partial charge on any atom is -0.489 e. The molecular weight excluding hydrogens is 440 g/mol. The van der Waals surface area contributed by atoms with Crippen LogP contribution in [0, 0.1) is 6.92 Å². The first-order valence-electron chi connectivity index (χ1n) is 10.2. The molecule has 1 heterocycles. The number of amides is 1. The number of benzene rings is 2. The van der Waals surface area contributed by atoms with Gasteiger partial charge in [0.2, 0.25) is 10.0 Å². The van der Waals surface area contributed by atoms with E-state index in [1.165, 1.54) is 16.4 Å². The molecule has 0 aromatic heterocycles. The fourth-order valence-electron chi connectivity index (χ4n) is 3.38. The fraction of sp³-hybridized carbons (Fsp3) is 0.409. The van der Waals surface area contributed by atoms with Crippen LogP contribution in [0.5, 0.6) is 11.5 Å². The number of ether oxygens (including phenoxy) is 2. The van der Waals surface area contributed by atoms with E-state index < -0.39 is 10.0 Å². The van der Waals surface area contributed by atoms with Crippen molar-refractivity contribution in [2.24, 2.45) is 0 Å². The fourth-order valence-corrected chi connectivity index (χ4v) is 5.16. The standard InChI is InChI=1S/C22H27ClN2O5S/c1-4-25(5-2)31(27,28)17-8-7-15(3)18(13-17)22(26)24-14-16-11-19(23)21-20(12-16)29-9-6-10-30-21/h7-8,11-13H,4-6,9-10,14H2,1-3H3,(H,24,26). The molecule has 168 valence electrons. The quantitative estimate of drug-likeness (QED) is 0.671. The smallest absolute Gasteiger partial charge is 0.251 e. The molecule has 7 nitrogen and oxygen atoms in total. The first kappa shape index (κ1) is 23.4. The molecule has 1 amide bonds. The molecule has 1 aliphatic heterocycles. The first-order chi connectivity index (χ1) is 14.8. The monoisotopic (exact) mass is 466 g/mol. The third-order valence-electron chi connectivity index (χ3n) is 5.11. The molecule has 0 bridgehead atoms. The largest absolute Gasteiger partial charge is 0.489 e. The van der Waals surface area contributed by atoms with Crippen LogP contribution in [0.3, 0.4) is 0 Å². The summed E-state index contributed by atoms with van der Waals surface area (Å²) in [7, 11) is -3.65. The molecule has 31 heavy (non-hydrogen) atoms. The molecule has 0 spiro atoms. The zero-order chi connectivity index (χ0) is 22.6. The maximum absolute atomic E-state index is 12.8. The van der Waals surface area contributed by atoms with E-state index in [2.05, 4.69) is 5.32 Å². The van der Waals surface area contributed by atoms with Gasteiger partial charge in [-0.25, -0.2) is 8.42 Å². The van der Waals surface area contributed by atoms with Crippen LogP contribution in [0.2, 0.25) is 5.02 Å². The van der Waals surface area contributed by atoms with Crippen LogP contribution >= 0.6 is 11.6 Å². The van der Waals surface area contributed by atoms with Gasteiger partial charge in [-0.05, 0) is 42.3 Å². The summed E-state index contributed by atoms with van der Waals surface area (Å²) in [5.74, 6) is 0.703. The molecular formula is C22H27ClN2O5S. The highest BCUT2D eigenvalue weighted by atomic mass is 35.5. The second kappa shape index (κ2) is 9.89. The summed E-state index contributed by atoms with van der Waals surface area (Å²) in [5, 5.41) is 3.26. The maximum Gasteiger partial charge on any atom is 0.251 e. The summed E-state index contributed by atoms with van der Waals surface area (Å²) < 4.78 is 38.3. The Bertz CT molecular complexity index is 1070. The number of rotatable bonds is 7. The highest BCUT2D eigenvalue weighted by Gasteiger charge is 2.23. The number of sulfonamides is 1. The van der Waals surface area contributed by atoms with E-state index in [0.29, 0.717) is 54.0 Å². The van der Waals surface area contributed by atoms with Gasteiger partial charge in [-0.1, -0.05) is 31.5 Å². The van der Waals surface area contributed by atoms with E-state index >= 15 is 0 Å². The molecule has 9 heteroatoms. The van der Waals surface area contributed by atoms with E-state index in [9.17, 15) is 13.2 Å². The summed E-state index contributed by atoms with van der Waals surface area (Å²) >= 11 is 6.32. The molecule has 2 aromatic carbocycles. The molecule has 0 fully saturated rings. The number of carbonyl (C=O) groups excluding carboxylic acids is 1. The van der Waals surface area contributed by atoms with Crippen LogP contribution in [0.1, 0.15) is 41.8 Å². The molecule has 0 unspecified atom stereocenters. The van der Waals surface area contributed by atoms with Crippen LogP contribution in [-0.4, -0.2) is 44.9 Å². The van der Waals surface area contributed by atoms with Crippen molar-refractivity contribution in [2.75, 3.05) is 26.3 Å². The number of aryl methyl sites for hydroxylation is 1. The zero-order valence-electron chi connectivity index (χ0n) is 17.9. The number of nitrogens with one attached hydrogen (secondary N) is 1. The summed E-state index contributed by atoms with van der Waals surface area (Å²) in [6.45, 7) is 7.33. The number of hydrogen-bond acceptors (Lipinski definition) is 5. The second-order valence-corrected chi connectivity index (χ2v) is 9.55. The first-order valence-corrected chi connectivity index (χ1v) is 12.1. The van der Waals surface area contributed by atoms with Gasteiger partial charge in [0.1, 0.15) is 0 Å². The van der Waals surface area contributed by atoms with Gasteiger partial charge in [-0.2, -0.15) is 4.31 Å². The predicted molar refractivity (Wildman–Crippen MR) is 120 cm³/mol. The van der Waals surface area contributed by atoms with Crippen molar-refractivity contribution in [3.63, 3.8) is 0 Å². The van der Waals surface area contributed by atoms with Gasteiger partial charge < -0.3 is 14.8 Å². The van der Waals surface area contributed by atoms with E-state index in [0.717, 1.165) is 12.0 Å². The van der Waals surface area contributed by atoms with Gasteiger partial charge in [-0.3, -0.25) is 4.79 Å². The van der Waals surface area contributed by atoms with Gasteiger partial charge in [0.05, 0.1) is 23.1 Å². The highest BCUT2D eigenvalue weighted by Crippen LogP contribution is 2.38. The molecule has 0 atom stereocenters. The Balaban J connectivity index is 1.80. The normalized spacial score (nSPS) is 13.7. The van der Waals surface area contributed by atoms with Crippen LogP contribution < -0.4 is 14.8 Å². The van der Waals surface area contributed by atoms with Crippen molar-refractivity contribution in [1.82, 2.24) is 9.62 Å². The SMILES string of the molecule is CCN(CC)S(=O)(=O)c1ccc(C)c(C(=O)NCc2cc(Cl)c3c(c2)OCCCO3)c1. The molecule has 3 rings (SSSR count). The Morgan fingerprint density at radius 1 is 1.13 bits per heavy atom. The lowest BCUT2D eigenvalue weighted by atomic mass is 10.1. The molecule has 0 saturated carbocycles. The van der Waals surface area contributed by atoms with Crippen molar-refractivity contribution in [3.05, 3.63) is 52.0 Å². The van der Waals surface area contributed by atoms with Gasteiger partial charge in [0, 0.05) is 31.6 Å². The molecule has 0 aliphatic carbocycles. The Labute approximate surface area is 188 Å². The lowest BCUT2D eigenvalue weighted by molar-refractivity contribution is 0.0950. The molecule has 2 aromatic rings. The second-order valence-electron chi connectivity index (χ2n) is 7.20. The van der Waals surface area contributed by atoms with Crippen molar-refractivity contribution in [3.8, 4) is 11.5 Å². The minimum atomic E-state index is -3.65. The lowest BCUT2D eigenvalue weighted by Gasteiger charge is -2.19. The van der Waals surface area contributed by atoms with E-state index in [-0.39, 0.29) is 17.3 Å². The van der Waals surface area contributed by atoms with Gasteiger partial charge in [0.25, 0.3) is 5.91 Å². The summed E-state index contributed by atoms with van der Waals surface area (Å²) in [4.78, 5) is 12.9. The van der Waals surface area contributed by atoms with Crippen LogP contribution in [-0.2, 0) is 16.6 Å². The molecule has 0 saturated heterocycles. The Morgan fingerprint density at radius 2 is 1.84 bits per heavy atom. The third-order valence-corrected chi connectivity index (χ3v) is 7.44. The minimum absolute atomic E-state index is 0.102. The summed E-state index contributed by atoms with van der Waals surface area (Å²) in [5.41, 5.74) is 1.76. The maximum atomic E-state index is 12.8. The third kappa shape index (κ3) is 5.14. The van der Waals surface area contributed by atoms with Crippen molar-refractivity contribution < 1.29 is 22.7 Å². The topological polar surface area (TPSA) is 84.9 Å². The van der Waals surface area contributed by atoms with Gasteiger partial charge in [-0.15, -0.1) is 0 Å². The summed E-state index contributed by atoms with van der Waals surface area (Å²) in [6.07, 6.45) is 0.767. The van der Waals surface area contributed by atoms with E-state index in [4.69, 9.17) is 21.1 Å². The van der Waals surface area contributed by atoms with Gasteiger partial charge in [0.15, 0.2) is 11.5 Å². The molecule has 1 N–H and O–H groups in total. The Hall–Kier alpha value is -2.29. The highest BCUT2D eigenvalue weighted by molar-refractivity contribution is 7.89. The Kier molecular flexibility index (Phi) is 7.46. The summed E-state index contributed by atoms with van der Waals surface area (Å²) in [6, 6.07) is 8.13. The number of carbonyl (C=O) groups is 1. The van der Waals surface area contributed by atoms with Crippen molar-refractivity contribution in [2.45, 2.75) is 38.6 Å². The zero-order valence-corrected chi connectivity index (χ0v) is 19.5. The predicted octanol–water partition coefficient (Wildman–Crippen LogP) is 3.77. The Morgan fingerprint density at radius 3 is 2.55 bits per heavy atom. The molecule has 0 radical (unpaired) electrons. The van der Waals surface area contributed by atoms with E-state index in [1.54, 1.807) is 39.0 Å². The van der Waals surface area contributed by atoms with E-state index in [1.807, 2.05) is 0 Å². The van der Waals surface area contributed by atoms with Crippen molar-refractivity contribution >= 4 is 27.5 Å². The van der Waals surface area contributed by atoms with Crippen LogP contribution in [0.15, 0.2) is 35.2 Å². The average molecular weight is 467 g/mol. The van der Waals surface area contributed by atoms with Crippen molar-refractivity contribution in [1.29, 1.82) is 0 Å². The lowest BCUT2D eigenvalue weighted by Crippen LogP contribution is -2.31. The number of halogens is 1. The number of hydrogen-bond donors (Lipinski definition) is 1. The van der Waals surface area contributed by atoms with Crippen LogP contribution in [0.25, 0.3) is 0 Å². The number of nitrogens with zero attached hydrogens (tertiary/aromatic N) is 1. The van der Waals surface area contributed by atoms with Gasteiger partial charge >= 0.3 is 0 Å². The molecule has 1 aliphatic rings. The number of fused-ring (bicyclic) bond motifs is 1. The van der Waals surface area contributed by atoms with Crippen LogP contribution in [0.4, 0.5) is 0 Å². The average Bonchev–Trinajstić information content (AvgIpc) is 2.99.